The van der Waals surface area contributed by atoms with Crippen molar-refractivity contribution in [2.45, 2.75) is 12.8 Å². The molecule has 22 heavy (non-hydrogen) atoms. The normalized spacial score (nSPS) is 16.0. The Hall–Kier alpha value is -2.11. The average Bonchev–Trinajstić information content (AvgIpc) is 2.60. The lowest BCUT2D eigenvalue weighted by Gasteiger charge is -2.32. The molecule has 0 amide bonds. The quantitative estimate of drug-likeness (QED) is 0.869. The molecule has 0 spiro atoms. The fraction of sp³-hybridized carbons (Fsp3) is 0.500. The van der Waals surface area contributed by atoms with Crippen molar-refractivity contribution < 1.29 is 13.9 Å². The highest BCUT2D eigenvalue weighted by atomic mass is 19.1. The summed E-state index contributed by atoms with van der Waals surface area (Å²) in [4.78, 5) is 11.0. The first kappa shape index (κ1) is 14.8. The molecule has 1 aliphatic heterocycles. The second-order valence-corrected chi connectivity index (χ2v) is 5.51. The molecule has 1 saturated heterocycles. The van der Waals surface area contributed by atoms with E-state index in [1.54, 1.807) is 20.5 Å². The van der Waals surface area contributed by atoms with Crippen LogP contribution in [0.4, 0.5) is 10.2 Å². The van der Waals surface area contributed by atoms with Crippen molar-refractivity contribution in [3.63, 3.8) is 0 Å². The van der Waals surface area contributed by atoms with Crippen molar-refractivity contribution in [2.24, 2.45) is 5.92 Å². The molecule has 1 aliphatic rings. The third-order valence-corrected chi connectivity index (χ3v) is 4.25. The second-order valence-electron chi connectivity index (χ2n) is 5.51. The predicted octanol–water partition coefficient (Wildman–Crippen LogP) is 2.83. The minimum atomic E-state index is -0.233. The number of methoxy groups -OCH3 is 2. The van der Waals surface area contributed by atoms with Gasteiger partial charge in [-0.05, 0) is 24.8 Å². The van der Waals surface area contributed by atoms with Crippen LogP contribution in [-0.4, -0.2) is 44.0 Å². The molecule has 2 heterocycles. The van der Waals surface area contributed by atoms with E-state index < -0.39 is 0 Å². The molecule has 1 fully saturated rings. The summed E-state index contributed by atoms with van der Waals surface area (Å²) in [5, 5.41) is 0.929. The molecule has 6 heteroatoms. The summed E-state index contributed by atoms with van der Waals surface area (Å²) in [6.07, 6.45) is 3.27. The fourth-order valence-electron chi connectivity index (χ4n) is 2.92. The molecule has 0 N–H and O–H groups in total. The number of nitrogens with zero attached hydrogens (tertiary/aromatic N) is 3. The molecule has 5 nitrogen and oxygen atoms in total. The maximum atomic E-state index is 12.8. The third kappa shape index (κ3) is 2.65. The van der Waals surface area contributed by atoms with E-state index in [2.05, 4.69) is 14.9 Å². The van der Waals surface area contributed by atoms with E-state index in [4.69, 9.17) is 9.47 Å². The van der Waals surface area contributed by atoms with Gasteiger partial charge in [-0.25, -0.2) is 9.97 Å². The fourth-order valence-corrected chi connectivity index (χ4v) is 2.92. The minimum absolute atomic E-state index is 0.180. The first-order valence-electron chi connectivity index (χ1n) is 7.44. The van der Waals surface area contributed by atoms with E-state index in [9.17, 15) is 4.39 Å². The molecular weight excluding hydrogens is 285 g/mol. The van der Waals surface area contributed by atoms with E-state index in [0.29, 0.717) is 11.5 Å². The molecule has 0 bridgehead atoms. The molecule has 1 aromatic carbocycles. The number of anilines is 1. The summed E-state index contributed by atoms with van der Waals surface area (Å²) in [6, 6.07) is 3.76. The van der Waals surface area contributed by atoms with Gasteiger partial charge in [-0.3, -0.25) is 4.39 Å². The SMILES string of the molecule is COc1cc2ncnc(N3CCC(CF)CC3)c2cc1OC. The third-order valence-electron chi connectivity index (χ3n) is 4.25. The van der Waals surface area contributed by atoms with E-state index in [1.807, 2.05) is 12.1 Å². The van der Waals surface area contributed by atoms with Crippen LogP contribution in [0.5, 0.6) is 11.5 Å². The van der Waals surface area contributed by atoms with Gasteiger partial charge in [-0.1, -0.05) is 0 Å². The van der Waals surface area contributed by atoms with Crippen LogP contribution in [0.3, 0.4) is 0 Å². The zero-order valence-corrected chi connectivity index (χ0v) is 12.9. The van der Waals surface area contributed by atoms with Gasteiger partial charge in [0, 0.05) is 24.5 Å². The summed E-state index contributed by atoms with van der Waals surface area (Å²) >= 11 is 0. The molecule has 0 atom stereocenters. The summed E-state index contributed by atoms with van der Waals surface area (Å²) < 4.78 is 23.5. The maximum absolute atomic E-state index is 12.8. The number of halogens is 1. The van der Waals surface area contributed by atoms with E-state index in [1.165, 1.54) is 0 Å². The van der Waals surface area contributed by atoms with Gasteiger partial charge in [0.15, 0.2) is 11.5 Å². The van der Waals surface area contributed by atoms with Crippen molar-refractivity contribution in [1.82, 2.24) is 9.97 Å². The molecule has 3 rings (SSSR count). The van der Waals surface area contributed by atoms with Gasteiger partial charge in [0.25, 0.3) is 0 Å². The Morgan fingerprint density at radius 2 is 1.82 bits per heavy atom. The Labute approximate surface area is 129 Å². The van der Waals surface area contributed by atoms with Crippen molar-refractivity contribution in [3.8, 4) is 11.5 Å². The van der Waals surface area contributed by atoms with Gasteiger partial charge < -0.3 is 14.4 Å². The van der Waals surface area contributed by atoms with Gasteiger partial charge in [0.1, 0.15) is 12.1 Å². The molecule has 0 aliphatic carbocycles. The van der Waals surface area contributed by atoms with E-state index in [0.717, 1.165) is 42.7 Å². The molecule has 2 aromatic rings. The number of benzene rings is 1. The van der Waals surface area contributed by atoms with Crippen LogP contribution in [0, 0.1) is 5.92 Å². The zero-order valence-electron chi connectivity index (χ0n) is 12.9. The minimum Gasteiger partial charge on any atom is -0.493 e. The average molecular weight is 305 g/mol. The molecule has 0 radical (unpaired) electrons. The zero-order chi connectivity index (χ0) is 15.5. The highest BCUT2D eigenvalue weighted by Gasteiger charge is 2.22. The number of hydrogen-bond donors (Lipinski definition) is 0. The summed E-state index contributed by atoms with van der Waals surface area (Å²) in [6.45, 7) is 1.40. The van der Waals surface area contributed by atoms with Gasteiger partial charge in [0.2, 0.25) is 0 Å². The van der Waals surface area contributed by atoms with Crippen LogP contribution < -0.4 is 14.4 Å². The number of ether oxygens (including phenoxy) is 2. The molecule has 0 unspecified atom stereocenters. The van der Waals surface area contributed by atoms with Gasteiger partial charge in [0.05, 0.1) is 26.4 Å². The van der Waals surface area contributed by atoms with Crippen LogP contribution in [0.25, 0.3) is 10.9 Å². The van der Waals surface area contributed by atoms with Gasteiger partial charge in [-0.2, -0.15) is 0 Å². The summed E-state index contributed by atoms with van der Waals surface area (Å²) in [7, 11) is 3.22. The summed E-state index contributed by atoms with van der Waals surface area (Å²) in [5.74, 6) is 2.36. The Bertz CT molecular complexity index is 657. The number of alkyl halides is 1. The second kappa shape index (κ2) is 6.34. The van der Waals surface area contributed by atoms with Crippen molar-refractivity contribution in [2.75, 3.05) is 38.9 Å². The molecular formula is C16H20FN3O2. The van der Waals surface area contributed by atoms with Crippen molar-refractivity contribution >= 4 is 16.7 Å². The Morgan fingerprint density at radius 3 is 2.45 bits per heavy atom. The first-order valence-corrected chi connectivity index (χ1v) is 7.44. The molecule has 1 aromatic heterocycles. The van der Waals surface area contributed by atoms with Gasteiger partial charge >= 0.3 is 0 Å². The van der Waals surface area contributed by atoms with E-state index >= 15 is 0 Å². The number of aromatic nitrogens is 2. The number of rotatable bonds is 4. The molecule has 118 valence electrons. The predicted molar refractivity (Wildman–Crippen MR) is 83.6 cm³/mol. The Balaban J connectivity index is 1.99. The summed E-state index contributed by atoms with van der Waals surface area (Å²) in [5.41, 5.74) is 0.815. The largest absolute Gasteiger partial charge is 0.493 e. The van der Waals surface area contributed by atoms with Crippen LogP contribution in [0.2, 0.25) is 0 Å². The van der Waals surface area contributed by atoms with Crippen molar-refractivity contribution in [3.05, 3.63) is 18.5 Å². The number of fused-ring (bicyclic) bond motifs is 1. The standard InChI is InChI=1S/C16H20FN3O2/c1-21-14-7-12-13(8-15(14)22-2)18-10-19-16(12)20-5-3-11(9-17)4-6-20/h7-8,10-11H,3-6,9H2,1-2H3. The van der Waals surface area contributed by atoms with Crippen LogP contribution >= 0.6 is 0 Å². The van der Waals surface area contributed by atoms with Crippen molar-refractivity contribution in [1.29, 1.82) is 0 Å². The van der Waals surface area contributed by atoms with Crippen LogP contribution in [0.15, 0.2) is 18.5 Å². The Morgan fingerprint density at radius 1 is 1.14 bits per heavy atom. The number of hydrogen-bond acceptors (Lipinski definition) is 5. The highest BCUT2D eigenvalue weighted by Crippen LogP contribution is 2.35. The first-order chi connectivity index (χ1) is 10.8. The highest BCUT2D eigenvalue weighted by molar-refractivity contribution is 5.92. The van der Waals surface area contributed by atoms with E-state index in [-0.39, 0.29) is 12.6 Å². The van der Waals surface area contributed by atoms with Crippen LogP contribution in [-0.2, 0) is 0 Å². The molecule has 0 saturated carbocycles. The lowest BCUT2D eigenvalue weighted by molar-refractivity contribution is 0.307. The topological polar surface area (TPSA) is 47.5 Å². The van der Waals surface area contributed by atoms with Gasteiger partial charge in [-0.15, -0.1) is 0 Å². The van der Waals surface area contributed by atoms with Crippen LogP contribution in [0.1, 0.15) is 12.8 Å². The lowest BCUT2D eigenvalue weighted by Crippen LogP contribution is -2.35. The lowest BCUT2D eigenvalue weighted by atomic mass is 9.98. The maximum Gasteiger partial charge on any atom is 0.162 e. The Kier molecular flexibility index (Phi) is 4.27. The smallest absolute Gasteiger partial charge is 0.162 e. The monoisotopic (exact) mass is 305 g/mol. The number of piperidine rings is 1.